The van der Waals surface area contributed by atoms with Crippen molar-refractivity contribution < 1.29 is 37.0 Å². The summed E-state index contributed by atoms with van der Waals surface area (Å²) in [5.41, 5.74) is 4.36. The fourth-order valence-corrected chi connectivity index (χ4v) is 4.19. The van der Waals surface area contributed by atoms with E-state index in [4.69, 9.17) is 31.5 Å². The minimum absolute atomic E-state index is 0.0476. The normalized spacial score (nSPS) is 21.6. The van der Waals surface area contributed by atoms with Gasteiger partial charge in [-0.1, -0.05) is 18.5 Å². The average Bonchev–Trinajstić information content (AvgIpc) is 3.21. The molecule has 11 nitrogen and oxygen atoms in total. The lowest BCUT2D eigenvalue weighted by Gasteiger charge is -2.22. The Morgan fingerprint density at radius 3 is 2.53 bits per heavy atom. The van der Waals surface area contributed by atoms with Crippen molar-refractivity contribution in [1.82, 2.24) is 19.1 Å². The van der Waals surface area contributed by atoms with Crippen LogP contribution in [0.1, 0.15) is 46.3 Å². The highest BCUT2D eigenvalue weighted by molar-refractivity contribution is 6.33. The van der Waals surface area contributed by atoms with Crippen molar-refractivity contribution in [2.45, 2.75) is 77.3 Å². The largest absolute Gasteiger partial charge is 0.460 e. The summed E-state index contributed by atoms with van der Waals surface area (Å²) in [5, 5.41) is -0.328. The summed E-state index contributed by atoms with van der Waals surface area (Å²) < 4.78 is 57.0. The van der Waals surface area contributed by atoms with Crippen molar-refractivity contribution in [1.29, 1.82) is 0 Å². The highest BCUT2D eigenvalue weighted by Gasteiger charge is 2.45. The number of carbonyl (C=O) groups is 2. The van der Waals surface area contributed by atoms with Gasteiger partial charge in [-0.3, -0.25) is 14.2 Å². The Morgan fingerprint density at radius 2 is 1.97 bits per heavy atom. The van der Waals surface area contributed by atoms with Crippen molar-refractivity contribution in [3.63, 3.8) is 0 Å². The lowest BCUT2D eigenvalue weighted by atomic mass is 10.1. The zero-order chi connectivity index (χ0) is 25.4. The number of ether oxygens (including phenoxy) is 3. The maximum Gasteiger partial charge on any atom is 0.390 e. The van der Waals surface area contributed by atoms with Crippen LogP contribution in [0.2, 0.25) is 5.15 Å². The molecular formula is C19H23ClF3N5O6. The molecule has 3 rings (SSSR count). The molecule has 1 fully saturated rings. The second-order valence-electron chi connectivity index (χ2n) is 7.72. The number of esters is 2. The van der Waals surface area contributed by atoms with E-state index in [9.17, 15) is 27.6 Å². The van der Waals surface area contributed by atoms with Crippen molar-refractivity contribution in [2.24, 2.45) is 0 Å². The number of fused-ring (bicyclic) bond motifs is 1. The Kier molecular flexibility index (Phi) is 7.41. The number of aromatic nitrogens is 4. The molecule has 0 aromatic carbocycles. The highest BCUT2D eigenvalue weighted by Crippen LogP contribution is 2.36. The fourth-order valence-electron chi connectivity index (χ4n) is 3.91. The van der Waals surface area contributed by atoms with Gasteiger partial charge >= 0.3 is 23.8 Å². The predicted octanol–water partition coefficient (Wildman–Crippen LogP) is 2.34. The molecule has 34 heavy (non-hydrogen) atoms. The number of aryl methyl sites for hydroxylation is 1. The number of alkyl halides is 3. The minimum Gasteiger partial charge on any atom is -0.460 e. The van der Waals surface area contributed by atoms with Crippen LogP contribution in [0.25, 0.3) is 11.2 Å². The van der Waals surface area contributed by atoms with Crippen molar-refractivity contribution in [3.05, 3.63) is 15.6 Å². The number of halogens is 4. The van der Waals surface area contributed by atoms with E-state index in [-0.39, 0.29) is 28.7 Å². The highest BCUT2D eigenvalue weighted by atomic mass is 35.5. The third-order valence-corrected chi connectivity index (χ3v) is 5.46. The van der Waals surface area contributed by atoms with E-state index in [1.165, 1.54) is 6.92 Å². The van der Waals surface area contributed by atoms with Crippen molar-refractivity contribution in [2.75, 3.05) is 5.73 Å². The van der Waals surface area contributed by atoms with Gasteiger partial charge in [-0.25, -0.2) is 9.36 Å². The predicted molar refractivity (Wildman–Crippen MR) is 112 cm³/mol. The number of hydrogen-bond acceptors (Lipinski definition) is 9. The lowest BCUT2D eigenvalue weighted by Crippen LogP contribution is -2.34. The van der Waals surface area contributed by atoms with Gasteiger partial charge in [0.15, 0.2) is 17.0 Å². The van der Waals surface area contributed by atoms with Gasteiger partial charge in [-0.2, -0.15) is 23.1 Å². The summed E-state index contributed by atoms with van der Waals surface area (Å²) in [4.78, 5) is 44.2. The van der Waals surface area contributed by atoms with Gasteiger partial charge in [0.05, 0.1) is 6.42 Å². The zero-order valence-electron chi connectivity index (χ0n) is 18.5. The molecule has 1 saturated heterocycles. The smallest absolute Gasteiger partial charge is 0.390 e. The number of imidazole rings is 1. The first kappa shape index (κ1) is 25.7. The van der Waals surface area contributed by atoms with Crippen LogP contribution in [-0.4, -0.2) is 55.5 Å². The first-order valence-electron chi connectivity index (χ1n) is 10.3. The van der Waals surface area contributed by atoms with Crippen LogP contribution >= 0.6 is 11.6 Å². The van der Waals surface area contributed by atoms with Crippen molar-refractivity contribution >= 4 is 40.7 Å². The third kappa shape index (κ3) is 5.43. The molecule has 1 aliphatic rings. The molecule has 1 aliphatic heterocycles. The van der Waals surface area contributed by atoms with E-state index in [0.29, 0.717) is 6.42 Å². The van der Waals surface area contributed by atoms with E-state index in [0.717, 1.165) is 16.1 Å². The number of nitrogens with zero attached hydrogens (tertiary/aromatic N) is 4. The quantitative estimate of drug-likeness (QED) is 0.439. The Morgan fingerprint density at radius 1 is 1.29 bits per heavy atom. The Labute approximate surface area is 195 Å². The molecule has 2 N–H and O–H groups in total. The van der Waals surface area contributed by atoms with Gasteiger partial charge < -0.3 is 19.9 Å². The summed E-state index contributed by atoms with van der Waals surface area (Å²) in [6.07, 6.45) is -9.32. The number of rotatable bonds is 7. The molecule has 3 heterocycles. The number of anilines is 1. The van der Waals surface area contributed by atoms with Gasteiger partial charge in [-0.15, -0.1) is 0 Å². The number of carbonyl (C=O) groups excluding carboxylic acids is 2. The maximum absolute atomic E-state index is 13.3. The molecule has 0 spiro atoms. The van der Waals surface area contributed by atoms with E-state index in [1.807, 2.05) is 0 Å². The lowest BCUT2D eigenvalue weighted by molar-refractivity contribution is -0.158. The summed E-state index contributed by atoms with van der Waals surface area (Å²) in [7, 11) is 0. The maximum atomic E-state index is 13.3. The van der Waals surface area contributed by atoms with Gasteiger partial charge in [0.25, 0.3) is 0 Å². The van der Waals surface area contributed by atoms with Crippen LogP contribution < -0.4 is 11.4 Å². The standard InChI is InChI=1S/C19H23ClF3N5O6/c1-4-10(32-8(2)29)11-7-12(33-9(3)30)16(34-11)28-15-13(14(20)25-17(24)26-15)27(18(28)31)6-5-19(21,22)23/h10-12,16H,4-7H2,1-3H3,(H2,24,25,26)/t10?,11-,12+,16+/m0/s1. The van der Waals surface area contributed by atoms with Crippen LogP contribution in [0.3, 0.4) is 0 Å². The molecule has 4 atom stereocenters. The van der Waals surface area contributed by atoms with Gasteiger partial charge in [0.1, 0.15) is 23.8 Å². The molecule has 188 valence electrons. The third-order valence-electron chi connectivity index (χ3n) is 5.20. The van der Waals surface area contributed by atoms with Crippen molar-refractivity contribution in [3.8, 4) is 0 Å². The van der Waals surface area contributed by atoms with E-state index in [2.05, 4.69) is 9.97 Å². The zero-order valence-corrected chi connectivity index (χ0v) is 19.2. The van der Waals surface area contributed by atoms with E-state index >= 15 is 0 Å². The number of nitrogen functional groups attached to an aromatic ring is 1. The first-order valence-corrected chi connectivity index (χ1v) is 10.7. The molecule has 1 unspecified atom stereocenters. The minimum atomic E-state index is -4.55. The van der Waals surface area contributed by atoms with Crippen LogP contribution in [-0.2, 0) is 30.3 Å². The molecule has 2 aromatic heterocycles. The first-order chi connectivity index (χ1) is 15.8. The van der Waals surface area contributed by atoms with E-state index in [1.54, 1.807) is 6.92 Å². The Hall–Kier alpha value is -2.87. The average molecular weight is 510 g/mol. The fraction of sp³-hybridized carbons (Fsp3) is 0.632. The summed E-state index contributed by atoms with van der Waals surface area (Å²) in [5.74, 6) is -1.57. The van der Waals surface area contributed by atoms with Crippen LogP contribution in [0.5, 0.6) is 0 Å². The second kappa shape index (κ2) is 9.78. The van der Waals surface area contributed by atoms with Crippen LogP contribution in [0, 0.1) is 0 Å². The Bertz CT molecular complexity index is 1150. The summed E-state index contributed by atoms with van der Waals surface area (Å²) in [6.45, 7) is 3.35. The SMILES string of the molecule is CCC(OC(C)=O)[C@@H]1C[C@@H](OC(C)=O)[C@H](n2c(=O)n(CCC(F)(F)F)c3c(Cl)nc(N)nc32)O1. The van der Waals surface area contributed by atoms with Crippen LogP contribution in [0.4, 0.5) is 19.1 Å². The molecule has 0 radical (unpaired) electrons. The number of nitrogens with two attached hydrogens (primary N) is 1. The van der Waals surface area contributed by atoms with Gasteiger partial charge in [-0.05, 0) is 6.42 Å². The van der Waals surface area contributed by atoms with E-state index < -0.39 is 61.3 Å². The molecule has 0 amide bonds. The monoisotopic (exact) mass is 509 g/mol. The Balaban J connectivity index is 2.14. The second-order valence-corrected chi connectivity index (χ2v) is 8.08. The van der Waals surface area contributed by atoms with Crippen LogP contribution in [0.15, 0.2) is 4.79 Å². The number of hydrogen-bond donors (Lipinski definition) is 1. The van der Waals surface area contributed by atoms with Gasteiger partial charge in [0.2, 0.25) is 5.95 Å². The molecule has 15 heteroatoms. The van der Waals surface area contributed by atoms with Gasteiger partial charge in [0, 0.05) is 26.8 Å². The molecule has 2 aromatic rings. The topological polar surface area (TPSA) is 141 Å². The molecule has 0 aliphatic carbocycles. The molecule has 0 saturated carbocycles. The molecule has 0 bridgehead atoms. The molecular weight excluding hydrogens is 487 g/mol. The summed E-state index contributed by atoms with van der Waals surface area (Å²) in [6, 6.07) is 0. The summed E-state index contributed by atoms with van der Waals surface area (Å²) >= 11 is 6.12.